The maximum atomic E-state index is 12.6. The smallest absolute Gasteiger partial charge is 0.318 e. The number of ether oxygens (including phenoxy) is 1. The van der Waals surface area contributed by atoms with Crippen LogP contribution >= 0.6 is 11.3 Å². The molecular weight excluding hydrogens is 352 g/mol. The molecule has 7 heteroatoms. The van der Waals surface area contributed by atoms with Crippen LogP contribution in [0.4, 0.5) is 10.8 Å². The first-order valence-electron chi connectivity index (χ1n) is 8.58. The van der Waals surface area contributed by atoms with E-state index in [2.05, 4.69) is 10.3 Å². The number of benzene rings is 1. The molecule has 0 aliphatic rings. The third-order valence-corrected chi connectivity index (χ3v) is 5.08. The normalized spacial score (nSPS) is 13.0. The number of rotatable bonds is 9. The second-order valence-corrected chi connectivity index (χ2v) is 6.92. The highest BCUT2D eigenvalue weighted by Gasteiger charge is 2.42. The predicted octanol–water partition coefficient (Wildman–Crippen LogP) is 2.94. The highest BCUT2D eigenvalue weighted by molar-refractivity contribution is 7.13. The molecular formula is C19H23N2O4S-. The number of nitrogens with zero attached hydrogens (tertiary/aromatic N) is 1. The second-order valence-electron chi connectivity index (χ2n) is 6.06. The van der Waals surface area contributed by atoms with E-state index in [-0.39, 0.29) is 19.4 Å². The monoisotopic (exact) mass is 375 g/mol. The number of nitrogens with one attached hydrogen (secondary N) is 1. The largest absolute Gasteiger partial charge is 0.550 e. The first-order chi connectivity index (χ1) is 12.4. The molecule has 26 heavy (non-hydrogen) atoms. The fourth-order valence-electron chi connectivity index (χ4n) is 2.73. The number of carbonyl (C=O) groups excluding carboxylic acids is 2. The Bertz CT molecular complexity index is 757. The fourth-order valence-corrected chi connectivity index (χ4v) is 3.56. The van der Waals surface area contributed by atoms with Gasteiger partial charge in [0.2, 0.25) is 0 Å². The van der Waals surface area contributed by atoms with Crippen LogP contribution in [0.5, 0.6) is 0 Å². The van der Waals surface area contributed by atoms with Gasteiger partial charge < -0.3 is 20.0 Å². The number of aryl methyl sites for hydroxylation is 1. The Hall–Kier alpha value is -2.41. The maximum Gasteiger partial charge on any atom is 0.318 e. The van der Waals surface area contributed by atoms with Crippen LogP contribution in [0.15, 0.2) is 29.6 Å². The van der Waals surface area contributed by atoms with E-state index in [0.29, 0.717) is 17.2 Å². The highest BCUT2D eigenvalue weighted by atomic mass is 32.1. The molecule has 0 radical (unpaired) electrons. The molecule has 1 atom stereocenters. The van der Waals surface area contributed by atoms with E-state index >= 15 is 0 Å². The first kappa shape index (κ1) is 19.9. The molecule has 0 amide bonds. The Morgan fingerprint density at radius 1 is 1.27 bits per heavy atom. The summed E-state index contributed by atoms with van der Waals surface area (Å²) in [7, 11) is 0. The van der Waals surface area contributed by atoms with Crippen molar-refractivity contribution in [3.63, 3.8) is 0 Å². The summed E-state index contributed by atoms with van der Waals surface area (Å²) in [5.74, 6) is -1.64. The third-order valence-electron chi connectivity index (χ3n) is 4.32. The van der Waals surface area contributed by atoms with E-state index in [1.54, 1.807) is 12.3 Å². The molecule has 1 heterocycles. The lowest BCUT2D eigenvalue weighted by Crippen LogP contribution is -2.39. The maximum absolute atomic E-state index is 12.6. The molecule has 6 nitrogen and oxygen atoms in total. The predicted molar refractivity (Wildman–Crippen MR) is 99.4 cm³/mol. The van der Waals surface area contributed by atoms with Crippen molar-refractivity contribution in [2.45, 2.75) is 45.4 Å². The molecule has 0 aliphatic carbocycles. The molecule has 2 aromatic rings. The summed E-state index contributed by atoms with van der Waals surface area (Å²) < 4.78 is 5.22. The van der Waals surface area contributed by atoms with Gasteiger partial charge in [0.05, 0.1) is 12.3 Å². The summed E-state index contributed by atoms with van der Waals surface area (Å²) in [5.41, 5.74) is 1.49. The van der Waals surface area contributed by atoms with Crippen LogP contribution in [0, 0.1) is 6.92 Å². The topological polar surface area (TPSA) is 91.4 Å². The molecule has 0 aliphatic heterocycles. The number of carboxylic acid groups (broad SMARTS) is 1. The Morgan fingerprint density at radius 2 is 1.96 bits per heavy atom. The van der Waals surface area contributed by atoms with Gasteiger partial charge in [0.1, 0.15) is 5.41 Å². The van der Waals surface area contributed by atoms with Gasteiger partial charge in [0, 0.05) is 17.0 Å². The van der Waals surface area contributed by atoms with Crippen molar-refractivity contribution in [2.75, 3.05) is 11.9 Å². The molecule has 0 unspecified atom stereocenters. The van der Waals surface area contributed by atoms with Crippen LogP contribution in [0.1, 0.15) is 44.4 Å². The Balaban J connectivity index is 2.29. The summed E-state index contributed by atoms with van der Waals surface area (Å²) in [6.07, 6.45) is 0.260. The standard InChI is InChI=1S/C19H24N2O4S/c1-4-19(11-10-16(22)23,17(24)25-5-2)15-12-26-18(21-15)20-14-8-6-13(3)7-9-14/h6-9,12H,4-5,10-11H2,1-3H3,(H,20,21)(H,22,23)/p-1/t19-/m0/s1. The van der Waals surface area contributed by atoms with Gasteiger partial charge >= 0.3 is 5.97 Å². The van der Waals surface area contributed by atoms with Crippen LogP contribution in [0.25, 0.3) is 0 Å². The van der Waals surface area contributed by atoms with Gasteiger partial charge in [-0.25, -0.2) is 4.98 Å². The zero-order valence-corrected chi connectivity index (χ0v) is 16.0. The lowest BCUT2D eigenvalue weighted by molar-refractivity contribution is -0.306. The van der Waals surface area contributed by atoms with Crippen molar-refractivity contribution in [1.82, 2.24) is 4.98 Å². The zero-order chi connectivity index (χ0) is 19.2. The molecule has 2 rings (SSSR count). The lowest BCUT2D eigenvalue weighted by atomic mass is 9.78. The quantitative estimate of drug-likeness (QED) is 0.678. The first-order valence-corrected chi connectivity index (χ1v) is 9.46. The van der Waals surface area contributed by atoms with Crippen LogP contribution < -0.4 is 10.4 Å². The summed E-state index contributed by atoms with van der Waals surface area (Å²) in [4.78, 5) is 28.1. The lowest BCUT2D eigenvalue weighted by Gasteiger charge is -2.29. The van der Waals surface area contributed by atoms with Gasteiger partial charge in [-0.15, -0.1) is 11.3 Å². The molecule has 1 aromatic heterocycles. The molecule has 1 aromatic carbocycles. The van der Waals surface area contributed by atoms with Crippen molar-refractivity contribution < 1.29 is 19.4 Å². The number of carbonyl (C=O) groups is 2. The van der Waals surface area contributed by atoms with E-state index in [1.165, 1.54) is 11.3 Å². The molecule has 1 N–H and O–H groups in total. The summed E-state index contributed by atoms with van der Waals surface area (Å²) in [6.45, 7) is 5.79. The highest BCUT2D eigenvalue weighted by Crippen LogP contribution is 2.37. The van der Waals surface area contributed by atoms with Crippen LogP contribution in [-0.4, -0.2) is 23.5 Å². The Kier molecular flexibility index (Phi) is 6.74. The van der Waals surface area contributed by atoms with Crippen molar-refractivity contribution in [3.05, 3.63) is 40.9 Å². The van der Waals surface area contributed by atoms with Gasteiger partial charge in [0.25, 0.3) is 0 Å². The average Bonchev–Trinajstić information content (AvgIpc) is 3.07. The minimum atomic E-state index is -1.19. The Morgan fingerprint density at radius 3 is 2.54 bits per heavy atom. The van der Waals surface area contributed by atoms with Gasteiger partial charge in [-0.1, -0.05) is 24.6 Å². The summed E-state index contributed by atoms with van der Waals surface area (Å²) in [5, 5.41) is 16.6. The second kappa shape index (κ2) is 8.80. The molecule has 0 spiro atoms. The van der Waals surface area contributed by atoms with Crippen LogP contribution in [0.3, 0.4) is 0 Å². The van der Waals surface area contributed by atoms with Crippen LogP contribution in [0.2, 0.25) is 0 Å². The number of esters is 1. The number of aromatic nitrogens is 1. The third kappa shape index (κ3) is 4.60. The van der Waals surface area contributed by atoms with Gasteiger partial charge in [0.15, 0.2) is 5.13 Å². The number of carboxylic acids is 1. The number of aliphatic carboxylic acids is 1. The minimum Gasteiger partial charge on any atom is -0.550 e. The summed E-state index contributed by atoms with van der Waals surface area (Å²) in [6, 6.07) is 7.88. The number of hydrogen-bond donors (Lipinski definition) is 1. The van der Waals surface area contributed by atoms with E-state index in [4.69, 9.17) is 4.74 Å². The minimum absolute atomic E-state index is 0.0956. The van der Waals surface area contributed by atoms with Crippen molar-refractivity contribution in [2.24, 2.45) is 0 Å². The zero-order valence-electron chi connectivity index (χ0n) is 15.2. The summed E-state index contributed by atoms with van der Waals surface area (Å²) >= 11 is 1.37. The molecule has 140 valence electrons. The molecule has 0 fully saturated rings. The average molecular weight is 375 g/mol. The van der Waals surface area contributed by atoms with Crippen molar-refractivity contribution >= 4 is 34.1 Å². The van der Waals surface area contributed by atoms with E-state index in [0.717, 1.165) is 11.3 Å². The molecule has 0 bridgehead atoms. The van der Waals surface area contributed by atoms with Crippen LogP contribution in [-0.2, 0) is 19.7 Å². The van der Waals surface area contributed by atoms with Crippen molar-refractivity contribution in [3.8, 4) is 0 Å². The number of thiazole rings is 1. The fraction of sp³-hybridized carbons (Fsp3) is 0.421. The van der Waals surface area contributed by atoms with Crippen molar-refractivity contribution in [1.29, 1.82) is 0 Å². The molecule has 0 saturated carbocycles. The molecule has 0 saturated heterocycles. The van der Waals surface area contributed by atoms with Gasteiger partial charge in [-0.3, -0.25) is 4.79 Å². The number of hydrogen-bond acceptors (Lipinski definition) is 7. The SMILES string of the molecule is CCOC(=O)[C@@](CC)(CCC(=O)[O-])c1csc(Nc2ccc(C)cc2)n1. The van der Waals surface area contributed by atoms with E-state index < -0.39 is 17.4 Å². The van der Waals surface area contributed by atoms with Gasteiger partial charge in [-0.05, 0) is 45.2 Å². The number of anilines is 2. The van der Waals surface area contributed by atoms with Gasteiger partial charge in [-0.2, -0.15) is 0 Å². The van der Waals surface area contributed by atoms with E-state index in [1.807, 2.05) is 38.1 Å². The van der Waals surface area contributed by atoms with E-state index in [9.17, 15) is 14.7 Å². The Labute approximate surface area is 157 Å².